The van der Waals surface area contributed by atoms with Gasteiger partial charge in [0.2, 0.25) is 0 Å². The van der Waals surface area contributed by atoms with Crippen molar-refractivity contribution in [1.29, 1.82) is 0 Å². The molecule has 8 heteroatoms. The molecule has 1 aromatic carbocycles. The Bertz CT molecular complexity index is 814. The van der Waals surface area contributed by atoms with Crippen LogP contribution < -0.4 is 5.56 Å². The number of hydrogen-bond acceptors (Lipinski definition) is 3. The van der Waals surface area contributed by atoms with E-state index in [1.54, 1.807) is 0 Å². The van der Waals surface area contributed by atoms with Gasteiger partial charge in [-0.3, -0.25) is 4.79 Å². The van der Waals surface area contributed by atoms with Crippen LogP contribution in [0.5, 0.6) is 0 Å². The molecule has 102 valence electrons. The number of aromatic amines is 2. The lowest BCUT2D eigenvalue weighted by Gasteiger charge is -2.05. The van der Waals surface area contributed by atoms with Crippen LogP contribution in [0, 0.1) is 0 Å². The van der Waals surface area contributed by atoms with E-state index in [1.807, 2.05) is 0 Å². The molecule has 0 aliphatic carbocycles. The smallest absolute Gasteiger partial charge is 0.337 e. The predicted octanol–water partition coefficient (Wildman–Crippen LogP) is 2.33. The SMILES string of the molecule is O=c1ccc(-c2nc3ccc(C(F)(F)F)cc3[nH]2)n[nH]1. The molecular weight excluding hydrogens is 273 g/mol. The molecule has 0 bridgehead atoms. The van der Waals surface area contributed by atoms with Crippen molar-refractivity contribution in [1.82, 2.24) is 20.2 Å². The van der Waals surface area contributed by atoms with Gasteiger partial charge in [0.25, 0.3) is 5.56 Å². The maximum atomic E-state index is 12.6. The van der Waals surface area contributed by atoms with Crippen molar-refractivity contribution in [3.8, 4) is 11.5 Å². The third-order valence-electron chi connectivity index (χ3n) is 2.73. The summed E-state index contributed by atoms with van der Waals surface area (Å²) in [5.41, 5.74) is -0.142. The van der Waals surface area contributed by atoms with Crippen molar-refractivity contribution in [3.63, 3.8) is 0 Å². The molecule has 0 saturated carbocycles. The molecule has 5 nitrogen and oxygen atoms in total. The molecule has 3 rings (SSSR count). The first-order chi connectivity index (χ1) is 9.43. The van der Waals surface area contributed by atoms with Crippen LogP contribution in [0.25, 0.3) is 22.6 Å². The van der Waals surface area contributed by atoms with Crippen molar-refractivity contribution in [2.24, 2.45) is 0 Å². The lowest BCUT2D eigenvalue weighted by molar-refractivity contribution is -0.137. The van der Waals surface area contributed by atoms with Crippen molar-refractivity contribution in [2.45, 2.75) is 6.18 Å². The van der Waals surface area contributed by atoms with E-state index < -0.39 is 11.7 Å². The van der Waals surface area contributed by atoms with Crippen LogP contribution >= 0.6 is 0 Å². The first-order valence-electron chi connectivity index (χ1n) is 5.56. The molecule has 0 aliphatic heterocycles. The Kier molecular flexibility index (Phi) is 2.60. The largest absolute Gasteiger partial charge is 0.416 e. The van der Waals surface area contributed by atoms with Gasteiger partial charge in [0, 0.05) is 6.07 Å². The molecule has 0 saturated heterocycles. The third-order valence-corrected chi connectivity index (χ3v) is 2.73. The number of halogens is 3. The zero-order chi connectivity index (χ0) is 14.3. The van der Waals surface area contributed by atoms with E-state index in [1.165, 1.54) is 18.2 Å². The molecule has 2 N–H and O–H groups in total. The summed E-state index contributed by atoms with van der Waals surface area (Å²) in [4.78, 5) is 17.8. The molecule has 0 radical (unpaired) electrons. The van der Waals surface area contributed by atoms with Gasteiger partial charge in [-0.2, -0.15) is 18.3 Å². The fourth-order valence-electron chi connectivity index (χ4n) is 1.78. The zero-order valence-corrected chi connectivity index (χ0v) is 9.82. The number of nitrogens with zero attached hydrogens (tertiary/aromatic N) is 2. The minimum Gasteiger partial charge on any atom is -0.337 e. The second-order valence-electron chi connectivity index (χ2n) is 4.12. The Morgan fingerprint density at radius 1 is 1.10 bits per heavy atom. The van der Waals surface area contributed by atoms with Gasteiger partial charge in [0.1, 0.15) is 5.69 Å². The summed E-state index contributed by atoms with van der Waals surface area (Å²) in [5, 5.41) is 5.99. The maximum absolute atomic E-state index is 12.6. The minimum atomic E-state index is -4.41. The van der Waals surface area contributed by atoms with E-state index >= 15 is 0 Å². The Balaban J connectivity index is 2.11. The Morgan fingerprint density at radius 2 is 1.90 bits per heavy atom. The highest BCUT2D eigenvalue weighted by atomic mass is 19.4. The summed E-state index contributed by atoms with van der Waals surface area (Å²) in [7, 11) is 0. The van der Waals surface area contributed by atoms with Crippen LogP contribution in [-0.2, 0) is 6.18 Å². The molecule has 0 unspecified atom stereocenters. The van der Waals surface area contributed by atoms with Gasteiger partial charge in [-0.05, 0) is 24.3 Å². The number of benzene rings is 1. The number of hydrogen-bond donors (Lipinski definition) is 2. The lowest BCUT2D eigenvalue weighted by Crippen LogP contribution is -2.05. The van der Waals surface area contributed by atoms with Crippen molar-refractivity contribution >= 4 is 11.0 Å². The van der Waals surface area contributed by atoms with Crippen LogP contribution in [0.1, 0.15) is 5.56 Å². The van der Waals surface area contributed by atoms with Gasteiger partial charge in [-0.1, -0.05) is 0 Å². The number of imidazole rings is 1. The second kappa shape index (κ2) is 4.19. The number of fused-ring (bicyclic) bond motifs is 1. The van der Waals surface area contributed by atoms with Crippen molar-refractivity contribution < 1.29 is 13.2 Å². The summed E-state index contributed by atoms with van der Waals surface area (Å²) in [5.74, 6) is 0.288. The molecule has 0 aliphatic rings. The van der Waals surface area contributed by atoms with Gasteiger partial charge in [-0.15, -0.1) is 0 Å². The molecule has 0 amide bonds. The lowest BCUT2D eigenvalue weighted by atomic mass is 10.2. The van der Waals surface area contributed by atoms with Crippen LogP contribution in [0.4, 0.5) is 13.2 Å². The third kappa shape index (κ3) is 2.15. The summed E-state index contributed by atoms with van der Waals surface area (Å²) in [6.07, 6.45) is -4.41. The fraction of sp³-hybridized carbons (Fsp3) is 0.0833. The highest BCUT2D eigenvalue weighted by molar-refractivity contribution is 5.79. The summed E-state index contributed by atoms with van der Waals surface area (Å²) >= 11 is 0. The molecule has 20 heavy (non-hydrogen) atoms. The van der Waals surface area contributed by atoms with Crippen LogP contribution in [0.3, 0.4) is 0 Å². The van der Waals surface area contributed by atoms with Crippen molar-refractivity contribution in [3.05, 3.63) is 46.2 Å². The van der Waals surface area contributed by atoms with Crippen LogP contribution in [-0.4, -0.2) is 20.2 Å². The van der Waals surface area contributed by atoms with Crippen LogP contribution in [0.15, 0.2) is 35.1 Å². The second-order valence-corrected chi connectivity index (χ2v) is 4.12. The Morgan fingerprint density at radius 3 is 2.55 bits per heavy atom. The number of rotatable bonds is 1. The Hall–Kier alpha value is -2.64. The number of nitrogens with one attached hydrogen (secondary N) is 2. The molecule has 0 fully saturated rings. The first-order valence-corrected chi connectivity index (χ1v) is 5.56. The highest BCUT2D eigenvalue weighted by Crippen LogP contribution is 2.31. The summed E-state index contributed by atoms with van der Waals surface area (Å²) in [6.45, 7) is 0. The highest BCUT2D eigenvalue weighted by Gasteiger charge is 2.30. The van der Waals surface area contributed by atoms with E-state index in [0.29, 0.717) is 11.2 Å². The number of H-pyrrole nitrogens is 2. The van der Waals surface area contributed by atoms with E-state index in [4.69, 9.17) is 0 Å². The first kappa shape index (κ1) is 12.4. The van der Waals surface area contributed by atoms with Gasteiger partial charge in [0.05, 0.1) is 16.6 Å². The molecule has 0 spiro atoms. The minimum absolute atomic E-state index is 0.253. The fourth-order valence-corrected chi connectivity index (χ4v) is 1.78. The van der Waals surface area contributed by atoms with E-state index in [-0.39, 0.29) is 16.9 Å². The monoisotopic (exact) mass is 280 g/mol. The van der Waals surface area contributed by atoms with Gasteiger partial charge < -0.3 is 4.98 Å². The Labute approximate surface area is 109 Å². The summed E-state index contributed by atoms with van der Waals surface area (Å²) in [6, 6.07) is 5.92. The zero-order valence-electron chi connectivity index (χ0n) is 9.82. The number of alkyl halides is 3. The molecule has 3 aromatic rings. The molecule has 2 aromatic heterocycles. The normalized spacial score (nSPS) is 11.9. The van der Waals surface area contributed by atoms with E-state index in [0.717, 1.165) is 12.1 Å². The quantitative estimate of drug-likeness (QED) is 0.718. The average molecular weight is 280 g/mol. The molecular formula is C12H7F3N4O. The summed E-state index contributed by atoms with van der Waals surface area (Å²) < 4.78 is 37.8. The number of aromatic nitrogens is 4. The molecule has 2 heterocycles. The average Bonchev–Trinajstić information content (AvgIpc) is 2.81. The van der Waals surface area contributed by atoms with E-state index in [2.05, 4.69) is 20.2 Å². The standard InChI is InChI=1S/C12H7F3N4O/c13-12(14,15)6-1-2-7-9(5-6)17-11(16-7)8-3-4-10(20)19-18-8/h1-5H,(H,16,17)(H,19,20). The van der Waals surface area contributed by atoms with Gasteiger partial charge >= 0.3 is 6.18 Å². The maximum Gasteiger partial charge on any atom is 0.416 e. The van der Waals surface area contributed by atoms with Crippen LogP contribution in [0.2, 0.25) is 0 Å². The van der Waals surface area contributed by atoms with E-state index in [9.17, 15) is 18.0 Å². The topological polar surface area (TPSA) is 74.4 Å². The van der Waals surface area contributed by atoms with Gasteiger partial charge in [0.15, 0.2) is 5.82 Å². The predicted molar refractivity (Wildman–Crippen MR) is 64.9 cm³/mol. The molecule has 0 atom stereocenters. The van der Waals surface area contributed by atoms with Gasteiger partial charge in [-0.25, -0.2) is 10.1 Å². The van der Waals surface area contributed by atoms with Crippen molar-refractivity contribution in [2.75, 3.05) is 0 Å².